The van der Waals surface area contributed by atoms with Crippen molar-refractivity contribution in [1.82, 2.24) is 34.4 Å². The lowest BCUT2D eigenvalue weighted by Crippen LogP contribution is -2.37. The second kappa shape index (κ2) is 13.5. The van der Waals surface area contributed by atoms with Gasteiger partial charge in [0.25, 0.3) is 0 Å². The number of carbonyl (C=O) groups is 2. The van der Waals surface area contributed by atoms with Crippen LogP contribution < -0.4 is 5.32 Å². The Balaban J connectivity index is 0.000000390. The van der Waals surface area contributed by atoms with Gasteiger partial charge in [0.05, 0.1) is 36.3 Å². The number of aliphatic carboxylic acids is 2. The molecular formula is C29H32N8O5. The smallest absolute Gasteiger partial charge is 0.328 e. The highest BCUT2D eigenvalue weighted by atomic mass is 16.4. The third-order valence-electron chi connectivity index (χ3n) is 7.05. The number of imidazole rings is 2. The molecule has 0 aromatic carbocycles. The standard InChI is InChI=1S/C25H28N8O.C4H4O4/c1-2-21-24(27-7-1)33(16-19-6-13-34-17-19)23(29-21)14-18-4-10-32(11-5-18)12-9-28-25-30-20-3-8-26-15-22(20)31-25;5-3(6)1-2-4(7)8/h1-3,6-8,13,15,17-18H,4-5,9-12,14,16H2,(H2,28,30,31);1-2H,(H,5,6)(H,7,8)/b;2-1+. The number of hydrogen-bond acceptors (Lipinski definition) is 9. The number of furan rings is 1. The third-order valence-corrected chi connectivity index (χ3v) is 7.05. The van der Waals surface area contributed by atoms with E-state index in [9.17, 15) is 9.59 Å². The molecule has 6 rings (SSSR count). The van der Waals surface area contributed by atoms with Crippen LogP contribution in [0.15, 0.2) is 72.0 Å². The monoisotopic (exact) mass is 572 g/mol. The van der Waals surface area contributed by atoms with Crippen LogP contribution in [0.5, 0.6) is 0 Å². The summed E-state index contributed by atoms with van der Waals surface area (Å²) in [5.41, 5.74) is 4.94. The number of hydrogen-bond donors (Lipinski definition) is 4. The topological polar surface area (TPSA) is 175 Å². The van der Waals surface area contributed by atoms with E-state index in [0.29, 0.717) is 18.1 Å². The first-order chi connectivity index (χ1) is 20.4. The molecule has 13 heteroatoms. The molecule has 1 saturated heterocycles. The predicted molar refractivity (Wildman–Crippen MR) is 155 cm³/mol. The lowest BCUT2D eigenvalue weighted by molar-refractivity contribution is -0.134. The Labute approximate surface area is 240 Å². The SMILES string of the molecule is O=C(O)/C=C/C(=O)O.c1cnc2c(c1)nc(CC1CCN(CCNc3nc4ccncc4[nH]3)CC1)n2Cc1ccoc1. The van der Waals surface area contributed by atoms with E-state index >= 15 is 0 Å². The summed E-state index contributed by atoms with van der Waals surface area (Å²) in [5, 5.41) is 19.0. The van der Waals surface area contributed by atoms with Crippen molar-refractivity contribution in [1.29, 1.82) is 0 Å². The molecular weight excluding hydrogens is 540 g/mol. The molecule has 5 aromatic rings. The predicted octanol–water partition coefficient (Wildman–Crippen LogP) is 3.42. The Morgan fingerprint density at radius 1 is 1.07 bits per heavy atom. The molecule has 218 valence electrons. The average molecular weight is 573 g/mol. The number of likely N-dealkylation sites (tertiary alicyclic amines) is 1. The van der Waals surface area contributed by atoms with Gasteiger partial charge in [0.1, 0.15) is 11.3 Å². The number of carboxylic acid groups (broad SMARTS) is 2. The molecule has 0 bridgehead atoms. The molecule has 0 spiro atoms. The van der Waals surface area contributed by atoms with Crippen molar-refractivity contribution >= 4 is 40.1 Å². The molecule has 6 heterocycles. The number of anilines is 1. The van der Waals surface area contributed by atoms with Crippen LogP contribution in [0.2, 0.25) is 0 Å². The number of rotatable bonds is 10. The third kappa shape index (κ3) is 7.57. The molecule has 5 aromatic heterocycles. The fraction of sp³-hybridized carbons (Fsp3) is 0.310. The van der Waals surface area contributed by atoms with Crippen molar-refractivity contribution in [3.8, 4) is 0 Å². The van der Waals surface area contributed by atoms with Crippen LogP contribution in [-0.2, 0) is 22.6 Å². The van der Waals surface area contributed by atoms with E-state index in [2.05, 4.69) is 34.7 Å². The van der Waals surface area contributed by atoms with E-state index in [-0.39, 0.29) is 0 Å². The number of carboxylic acids is 2. The zero-order chi connectivity index (χ0) is 29.3. The van der Waals surface area contributed by atoms with E-state index in [4.69, 9.17) is 19.6 Å². The van der Waals surface area contributed by atoms with Crippen molar-refractivity contribution in [3.05, 3.63) is 78.9 Å². The van der Waals surface area contributed by atoms with Gasteiger partial charge in [-0.15, -0.1) is 0 Å². The van der Waals surface area contributed by atoms with E-state index in [1.54, 1.807) is 24.9 Å². The van der Waals surface area contributed by atoms with Gasteiger partial charge in [-0.2, -0.15) is 0 Å². The first kappa shape index (κ1) is 28.5. The van der Waals surface area contributed by atoms with Crippen LogP contribution in [-0.4, -0.2) is 82.7 Å². The maximum Gasteiger partial charge on any atom is 0.328 e. The van der Waals surface area contributed by atoms with Gasteiger partial charge >= 0.3 is 11.9 Å². The highest BCUT2D eigenvalue weighted by Crippen LogP contribution is 2.24. The van der Waals surface area contributed by atoms with E-state index < -0.39 is 11.9 Å². The molecule has 4 N–H and O–H groups in total. The van der Waals surface area contributed by atoms with Crippen molar-refractivity contribution in [2.24, 2.45) is 5.92 Å². The zero-order valence-corrected chi connectivity index (χ0v) is 22.9. The van der Waals surface area contributed by atoms with Crippen LogP contribution in [0, 0.1) is 5.92 Å². The molecule has 0 atom stereocenters. The van der Waals surface area contributed by atoms with E-state index in [1.165, 1.54) is 12.8 Å². The second-order valence-corrected chi connectivity index (χ2v) is 10.00. The van der Waals surface area contributed by atoms with Crippen LogP contribution in [0.25, 0.3) is 22.2 Å². The minimum absolute atomic E-state index is 0.558. The Morgan fingerprint density at radius 2 is 1.88 bits per heavy atom. The molecule has 0 aliphatic carbocycles. The van der Waals surface area contributed by atoms with Gasteiger partial charge in [-0.3, -0.25) is 4.98 Å². The van der Waals surface area contributed by atoms with Crippen molar-refractivity contribution in [3.63, 3.8) is 0 Å². The summed E-state index contributed by atoms with van der Waals surface area (Å²) in [6, 6.07) is 7.93. The van der Waals surface area contributed by atoms with Gasteiger partial charge in [0.15, 0.2) is 5.65 Å². The highest BCUT2D eigenvalue weighted by molar-refractivity contribution is 5.89. The quantitative estimate of drug-likeness (QED) is 0.180. The van der Waals surface area contributed by atoms with E-state index in [1.807, 2.05) is 30.5 Å². The molecule has 0 amide bonds. The highest BCUT2D eigenvalue weighted by Gasteiger charge is 2.22. The number of aromatic nitrogens is 6. The lowest BCUT2D eigenvalue weighted by Gasteiger charge is -2.31. The molecule has 13 nitrogen and oxygen atoms in total. The number of fused-ring (bicyclic) bond motifs is 2. The average Bonchev–Trinajstić information content (AvgIpc) is 3.73. The zero-order valence-electron chi connectivity index (χ0n) is 22.9. The van der Waals surface area contributed by atoms with Crippen LogP contribution in [0.4, 0.5) is 5.95 Å². The van der Waals surface area contributed by atoms with Gasteiger partial charge in [0.2, 0.25) is 5.95 Å². The Bertz CT molecular complexity index is 1600. The summed E-state index contributed by atoms with van der Waals surface area (Å²) >= 11 is 0. The number of nitrogens with zero attached hydrogens (tertiary/aromatic N) is 6. The van der Waals surface area contributed by atoms with Gasteiger partial charge in [-0.05, 0) is 56.1 Å². The number of piperidine rings is 1. The number of nitrogens with one attached hydrogen (secondary N) is 2. The number of pyridine rings is 2. The minimum Gasteiger partial charge on any atom is -0.478 e. The Morgan fingerprint density at radius 3 is 2.60 bits per heavy atom. The summed E-state index contributed by atoms with van der Waals surface area (Å²) in [6.07, 6.45) is 13.4. The molecule has 0 unspecified atom stereocenters. The summed E-state index contributed by atoms with van der Waals surface area (Å²) in [5.74, 6) is 0.0456. The van der Waals surface area contributed by atoms with Gasteiger partial charge in [0, 0.05) is 49.6 Å². The molecule has 0 radical (unpaired) electrons. The fourth-order valence-electron chi connectivity index (χ4n) is 4.98. The van der Waals surface area contributed by atoms with Crippen molar-refractivity contribution in [2.75, 3.05) is 31.5 Å². The van der Waals surface area contributed by atoms with Gasteiger partial charge < -0.3 is 34.4 Å². The minimum atomic E-state index is -1.26. The number of aromatic amines is 1. The summed E-state index contributed by atoms with van der Waals surface area (Å²) in [6.45, 7) is 4.82. The van der Waals surface area contributed by atoms with Crippen LogP contribution in [0.3, 0.4) is 0 Å². The molecule has 1 aliphatic heterocycles. The van der Waals surface area contributed by atoms with Crippen LogP contribution in [0.1, 0.15) is 24.2 Å². The largest absolute Gasteiger partial charge is 0.478 e. The number of H-pyrrole nitrogens is 1. The Kier molecular flexibility index (Phi) is 9.19. The molecule has 1 aliphatic rings. The summed E-state index contributed by atoms with van der Waals surface area (Å²) < 4.78 is 7.53. The molecule has 1 fully saturated rings. The Hall–Kier alpha value is -5.04. The first-order valence-corrected chi connectivity index (χ1v) is 13.7. The maximum atomic E-state index is 9.55. The van der Waals surface area contributed by atoms with Crippen LogP contribution >= 0.6 is 0 Å². The fourth-order valence-corrected chi connectivity index (χ4v) is 4.98. The summed E-state index contributed by atoms with van der Waals surface area (Å²) in [7, 11) is 0. The van der Waals surface area contributed by atoms with Crippen molar-refractivity contribution < 1.29 is 24.2 Å². The molecule has 42 heavy (non-hydrogen) atoms. The van der Waals surface area contributed by atoms with Gasteiger partial charge in [-0.1, -0.05) is 0 Å². The van der Waals surface area contributed by atoms with Crippen molar-refractivity contribution in [2.45, 2.75) is 25.8 Å². The van der Waals surface area contributed by atoms with Gasteiger partial charge in [-0.25, -0.2) is 24.5 Å². The molecule has 0 saturated carbocycles. The summed E-state index contributed by atoms with van der Waals surface area (Å²) in [4.78, 5) is 43.2. The van der Waals surface area contributed by atoms with E-state index in [0.717, 1.165) is 78.7 Å². The first-order valence-electron chi connectivity index (χ1n) is 13.7. The maximum absolute atomic E-state index is 9.55. The second-order valence-electron chi connectivity index (χ2n) is 10.00. The normalized spacial score (nSPS) is 14.3. The lowest BCUT2D eigenvalue weighted by atomic mass is 9.93.